The van der Waals surface area contributed by atoms with Gasteiger partial charge in [-0.25, -0.2) is 0 Å². The predicted octanol–water partition coefficient (Wildman–Crippen LogP) is 1.92. The number of amides is 1. The van der Waals surface area contributed by atoms with Crippen LogP contribution in [0, 0.1) is 17.8 Å². The van der Waals surface area contributed by atoms with Crippen molar-refractivity contribution in [3.8, 4) is 11.3 Å². The Balaban J connectivity index is 1.52. The molecule has 1 amide bonds. The molecule has 3 heterocycles. The molecule has 1 N–H and O–H groups in total. The Bertz CT molecular complexity index is 769. The summed E-state index contributed by atoms with van der Waals surface area (Å²) in [5, 5.41) is 13.3. The molecule has 4 rings (SSSR count). The number of aromatic nitrogens is 2. The largest absolute Gasteiger partial charge is 0.481 e. The number of nitrogens with zero attached hydrogens (tertiary/aromatic N) is 3. The fourth-order valence-corrected chi connectivity index (χ4v) is 3.44. The zero-order valence-corrected chi connectivity index (χ0v) is 13.0. The van der Waals surface area contributed by atoms with Gasteiger partial charge >= 0.3 is 5.97 Å². The van der Waals surface area contributed by atoms with Crippen molar-refractivity contribution in [2.45, 2.75) is 12.8 Å². The van der Waals surface area contributed by atoms with Crippen LogP contribution in [0.3, 0.4) is 0 Å². The van der Waals surface area contributed by atoms with E-state index in [2.05, 4.69) is 10.1 Å². The lowest BCUT2D eigenvalue weighted by Gasteiger charge is -2.14. The highest BCUT2D eigenvalue weighted by molar-refractivity contribution is 5.93. The van der Waals surface area contributed by atoms with Crippen LogP contribution in [0.2, 0.25) is 0 Å². The average molecular weight is 327 g/mol. The lowest BCUT2D eigenvalue weighted by molar-refractivity contribution is -0.142. The monoisotopic (exact) mass is 327 g/mol. The van der Waals surface area contributed by atoms with Crippen LogP contribution in [0.25, 0.3) is 11.3 Å². The van der Waals surface area contributed by atoms with Gasteiger partial charge in [0.2, 0.25) is 0 Å². The topological polar surface area (TPSA) is 96.5 Å². The first kappa shape index (κ1) is 14.9. The van der Waals surface area contributed by atoms with Gasteiger partial charge in [0, 0.05) is 37.1 Å². The molecular formula is C17H17N3O4. The van der Waals surface area contributed by atoms with Gasteiger partial charge < -0.3 is 14.5 Å². The molecule has 1 aliphatic carbocycles. The third-order valence-electron chi connectivity index (χ3n) is 4.87. The molecule has 1 saturated heterocycles. The summed E-state index contributed by atoms with van der Waals surface area (Å²) in [7, 11) is 0. The van der Waals surface area contributed by atoms with Gasteiger partial charge in [0.1, 0.15) is 0 Å². The number of carbonyl (C=O) groups excluding carboxylic acids is 1. The number of carbonyl (C=O) groups is 2. The van der Waals surface area contributed by atoms with E-state index < -0.39 is 11.9 Å². The van der Waals surface area contributed by atoms with Crippen molar-refractivity contribution in [1.29, 1.82) is 0 Å². The van der Waals surface area contributed by atoms with Crippen LogP contribution in [0.1, 0.15) is 23.3 Å². The molecule has 0 radical (unpaired) electrons. The second kappa shape index (κ2) is 5.74. The van der Waals surface area contributed by atoms with Gasteiger partial charge in [0.15, 0.2) is 11.5 Å². The van der Waals surface area contributed by atoms with Crippen LogP contribution in [0.15, 0.2) is 35.1 Å². The first-order valence-corrected chi connectivity index (χ1v) is 8.02. The highest BCUT2D eigenvalue weighted by atomic mass is 16.5. The molecule has 7 heteroatoms. The average Bonchev–Trinajstić information content (AvgIpc) is 3.15. The summed E-state index contributed by atoms with van der Waals surface area (Å²) in [4.78, 5) is 29.7. The summed E-state index contributed by atoms with van der Waals surface area (Å²) in [6.45, 7) is 0.722. The van der Waals surface area contributed by atoms with E-state index in [0.717, 1.165) is 18.4 Å². The van der Waals surface area contributed by atoms with E-state index in [1.165, 1.54) is 0 Å². The van der Waals surface area contributed by atoms with Crippen LogP contribution in [0.4, 0.5) is 0 Å². The number of carboxylic acids is 1. The van der Waals surface area contributed by atoms with Crippen molar-refractivity contribution in [1.82, 2.24) is 15.0 Å². The fraction of sp³-hybridized carbons (Fsp3) is 0.412. The van der Waals surface area contributed by atoms with Crippen LogP contribution >= 0.6 is 0 Å². The van der Waals surface area contributed by atoms with Crippen molar-refractivity contribution in [3.63, 3.8) is 0 Å². The van der Waals surface area contributed by atoms with E-state index in [1.54, 1.807) is 29.4 Å². The van der Waals surface area contributed by atoms with E-state index in [9.17, 15) is 14.7 Å². The second-order valence-corrected chi connectivity index (χ2v) is 6.47. The standard InChI is InChI=1S/C17H17N3O4/c21-16(14-6-15(24-19-14)11-2-1-5-18-7-11)20-8-12(10-3-4-10)13(9-20)17(22)23/h1-2,5-7,10,12-13H,3-4,8-9H2,(H,22,23)/t12-,13+/m1/s1. The van der Waals surface area contributed by atoms with E-state index in [4.69, 9.17) is 4.52 Å². The number of aliphatic carboxylic acids is 1. The maximum absolute atomic E-state index is 12.6. The Labute approximate surface area is 138 Å². The molecule has 2 atom stereocenters. The number of pyridine rings is 1. The number of likely N-dealkylation sites (tertiary alicyclic amines) is 1. The third kappa shape index (κ3) is 2.66. The summed E-state index contributed by atoms with van der Waals surface area (Å²) in [5.74, 6) is -0.615. The summed E-state index contributed by atoms with van der Waals surface area (Å²) in [6.07, 6.45) is 5.41. The van der Waals surface area contributed by atoms with Crippen LogP contribution in [-0.4, -0.2) is 45.1 Å². The van der Waals surface area contributed by atoms with Gasteiger partial charge in [0.05, 0.1) is 5.92 Å². The quantitative estimate of drug-likeness (QED) is 0.921. The zero-order chi connectivity index (χ0) is 16.7. The van der Waals surface area contributed by atoms with Gasteiger partial charge in [-0.2, -0.15) is 0 Å². The molecule has 2 aliphatic rings. The van der Waals surface area contributed by atoms with E-state index in [0.29, 0.717) is 18.2 Å². The van der Waals surface area contributed by atoms with Crippen molar-refractivity contribution < 1.29 is 19.2 Å². The Kier molecular flexibility index (Phi) is 3.55. The molecule has 24 heavy (non-hydrogen) atoms. The Morgan fingerprint density at radius 2 is 2.12 bits per heavy atom. The first-order valence-electron chi connectivity index (χ1n) is 8.02. The lowest BCUT2D eigenvalue weighted by Crippen LogP contribution is -2.30. The summed E-state index contributed by atoms with van der Waals surface area (Å²) in [6, 6.07) is 5.18. The minimum Gasteiger partial charge on any atom is -0.481 e. The summed E-state index contributed by atoms with van der Waals surface area (Å²) >= 11 is 0. The second-order valence-electron chi connectivity index (χ2n) is 6.47. The number of rotatable bonds is 4. The minimum atomic E-state index is -0.821. The van der Waals surface area contributed by atoms with Crippen molar-refractivity contribution >= 4 is 11.9 Å². The number of hydrogen-bond donors (Lipinski definition) is 1. The molecule has 1 aliphatic heterocycles. The summed E-state index contributed by atoms with van der Waals surface area (Å²) < 4.78 is 5.24. The molecule has 124 valence electrons. The van der Waals surface area contributed by atoms with E-state index in [-0.39, 0.29) is 24.1 Å². The molecule has 7 nitrogen and oxygen atoms in total. The molecular weight excluding hydrogens is 310 g/mol. The molecule has 2 aromatic heterocycles. The normalized spacial score (nSPS) is 23.4. The van der Waals surface area contributed by atoms with Crippen LogP contribution in [-0.2, 0) is 4.79 Å². The van der Waals surface area contributed by atoms with Crippen molar-refractivity contribution in [2.75, 3.05) is 13.1 Å². The third-order valence-corrected chi connectivity index (χ3v) is 4.87. The van der Waals surface area contributed by atoms with E-state index >= 15 is 0 Å². The Morgan fingerprint density at radius 1 is 1.29 bits per heavy atom. The van der Waals surface area contributed by atoms with E-state index in [1.807, 2.05) is 6.07 Å². The van der Waals surface area contributed by atoms with Gasteiger partial charge in [-0.15, -0.1) is 0 Å². The molecule has 0 spiro atoms. The van der Waals surface area contributed by atoms with Crippen molar-refractivity contribution in [2.24, 2.45) is 17.8 Å². The van der Waals surface area contributed by atoms with Gasteiger partial charge in [-0.3, -0.25) is 14.6 Å². The van der Waals surface area contributed by atoms with Crippen LogP contribution in [0.5, 0.6) is 0 Å². The predicted molar refractivity (Wildman–Crippen MR) is 83.0 cm³/mol. The molecule has 0 bridgehead atoms. The smallest absolute Gasteiger partial charge is 0.308 e. The number of carboxylic acid groups (broad SMARTS) is 1. The SMILES string of the molecule is O=C(O)[C@H]1CN(C(=O)c2cc(-c3cccnc3)on2)C[C@@H]1C1CC1. The minimum absolute atomic E-state index is 0.0520. The van der Waals surface area contributed by atoms with Crippen LogP contribution < -0.4 is 0 Å². The highest BCUT2D eigenvalue weighted by Crippen LogP contribution is 2.44. The molecule has 0 aromatic carbocycles. The molecule has 2 fully saturated rings. The number of hydrogen-bond acceptors (Lipinski definition) is 5. The highest BCUT2D eigenvalue weighted by Gasteiger charge is 2.47. The maximum Gasteiger partial charge on any atom is 0.308 e. The maximum atomic E-state index is 12.6. The van der Waals surface area contributed by atoms with Gasteiger partial charge in [-0.05, 0) is 36.8 Å². The Hall–Kier alpha value is -2.70. The lowest BCUT2D eigenvalue weighted by atomic mass is 9.92. The van der Waals surface area contributed by atoms with Gasteiger partial charge in [-0.1, -0.05) is 5.16 Å². The Morgan fingerprint density at radius 3 is 2.79 bits per heavy atom. The summed E-state index contributed by atoms with van der Waals surface area (Å²) in [5.41, 5.74) is 0.944. The zero-order valence-electron chi connectivity index (χ0n) is 13.0. The van der Waals surface area contributed by atoms with Crippen molar-refractivity contribution in [3.05, 3.63) is 36.3 Å². The van der Waals surface area contributed by atoms with Gasteiger partial charge in [0.25, 0.3) is 5.91 Å². The molecule has 1 saturated carbocycles. The molecule has 0 unspecified atom stereocenters. The fourth-order valence-electron chi connectivity index (χ4n) is 3.44. The molecule has 2 aromatic rings. The first-order chi connectivity index (χ1) is 11.6.